The zero-order valence-electron chi connectivity index (χ0n) is 47.6. The number of rotatable bonds is 9. The average molecular weight is 1120 g/mol. The minimum atomic E-state index is 0.571. The maximum Gasteiger partial charge on any atom is 0.164 e. The number of aromatic nitrogens is 7. The molecule has 0 fully saturated rings. The van der Waals surface area contributed by atoms with Crippen molar-refractivity contribution in [2.75, 3.05) is 0 Å². The summed E-state index contributed by atoms with van der Waals surface area (Å²) in [6.45, 7) is 0. The maximum absolute atomic E-state index is 5.43. The Balaban J connectivity index is 0.962. The van der Waals surface area contributed by atoms with Gasteiger partial charge in [-0.1, -0.05) is 218 Å². The van der Waals surface area contributed by atoms with E-state index in [9.17, 15) is 0 Å². The first-order valence-corrected chi connectivity index (χ1v) is 29.9. The van der Waals surface area contributed by atoms with E-state index in [0.29, 0.717) is 17.5 Å². The lowest BCUT2D eigenvalue weighted by atomic mass is 9.92. The van der Waals surface area contributed by atoms with Crippen LogP contribution in [0.4, 0.5) is 0 Å². The lowest BCUT2D eigenvalue weighted by Crippen LogP contribution is -2.04. The minimum absolute atomic E-state index is 0.571. The molecule has 7 nitrogen and oxygen atoms in total. The molecule has 0 saturated carbocycles. The van der Waals surface area contributed by atoms with Gasteiger partial charge in [0.05, 0.1) is 49.8 Å². The van der Waals surface area contributed by atoms with Crippen molar-refractivity contribution in [1.82, 2.24) is 33.2 Å². The van der Waals surface area contributed by atoms with Gasteiger partial charge in [0.2, 0.25) is 0 Å². The first-order valence-electron chi connectivity index (χ1n) is 29.9. The molecule has 0 aliphatic rings. The number of hydrogen-bond acceptors (Lipinski definition) is 3. The number of benzene rings is 13. The van der Waals surface area contributed by atoms with E-state index in [1.165, 1.54) is 37.7 Å². The summed E-state index contributed by atoms with van der Waals surface area (Å²) in [6.07, 6.45) is 0. The fourth-order valence-corrected chi connectivity index (χ4v) is 14.0. The molecule has 13 aromatic carbocycles. The van der Waals surface area contributed by atoms with Gasteiger partial charge < -0.3 is 18.3 Å². The van der Waals surface area contributed by atoms with Gasteiger partial charge in [-0.25, -0.2) is 15.0 Å². The quantitative estimate of drug-likeness (QED) is 0.145. The first-order chi connectivity index (χ1) is 43.7. The average Bonchev–Trinajstić information content (AvgIpc) is 1.91. The van der Waals surface area contributed by atoms with Crippen LogP contribution in [0.15, 0.2) is 309 Å². The molecule has 0 N–H and O–H groups in total. The molecule has 0 amide bonds. The molecular formula is C81H51N7. The van der Waals surface area contributed by atoms with Crippen molar-refractivity contribution in [3.8, 4) is 79.2 Å². The van der Waals surface area contributed by atoms with E-state index in [-0.39, 0.29) is 0 Å². The zero-order chi connectivity index (χ0) is 57.8. The van der Waals surface area contributed by atoms with Crippen LogP contribution in [0.5, 0.6) is 0 Å². The van der Waals surface area contributed by atoms with Gasteiger partial charge in [0.15, 0.2) is 17.5 Å². The molecule has 0 aliphatic heterocycles. The molecule has 88 heavy (non-hydrogen) atoms. The highest BCUT2D eigenvalue weighted by molar-refractivity contribution is 6.26. The van der Waals surface area contributed by atoms with Gasteiger partial charge in [-0.15, -0.1) is 0 Å². The third kappa shape index (κ3) is 7.67. The van der Waals surface area contributed by atoms with E-state index in [0.717, 1.165) is 111 Å². The number of hydrogen-bond donors (Lipinski definition) is 0. The Morgan fingerprint density at radius 1 is 0.205 bits per heavy atom. The molecule has 18 rings (SSSR count). The predicted molar refractivity (Wildman–Crippen MR) is 364 cm³/mol. The van der Waals surface area contributed by atoms with E-state index in [1.807, 2.05) is 36.4 Å². The molecule has 0 radical (unpaired) electrons. The Bertz CT molecular complexity index is 5430. The Labute approximate surface area is 506 Å². The molecule has 0 unspecified atom stereocenters. The van der Waals surface area contributed by atoms with Crippen molar-refractivity contribution in [3.05, 3.63) is 309 Å². The van der Waals surface area contributed by atoms with E-state index in [4.69, 9.17) is 15.0 Å². The number of nitrogens with zero attached hydrogens (tertiary/aromatic N) is 7. The fraction of sp³-hybridized carbons (Fsp3) is 0. The van der Waals surface area contributed by atoms with Crippen molar-refractivity contribution < 1.29 is 0 Å². The van der Waals surface area contributed by atoms with Crippen LogP contribution in [-0.2, 0) is 0 Å². The number of fused-ring (bicyclic) bond motifs is 13. The molecule has 410 valence electrons. The molecule has 0 spiro atoms. The highest BCUT2D eigenvalue weighted by Crippen LogP contribution is 2.48. The first kappa shape index (κ1) is 49.5. The third-order valence-corrected chi connectivity index (χ3v) is 17.8. The largest absolute Gasteiger partial charge is 0.309 e. The molecule has 0 aliphatic carbocycles. The summed E-state index contributed by atoms with van der Waals surface area (Å²) in [5.74, 6) is 1.77. The second-order valence-electron chi connectivity index (χ2n) is 22.7. The van der Waals surface area contributed by atoms with Crippen LogP contribution in [0.25, 0.3) is 166 Å². The summed E-state index contributed by atoms with van der Waals surface area (Å²) in [6, 6.07) is 112. The molecule has 0 atom stereocenters. The van der Waals surface area contributed by atoms with E-state index in [1.54, 1.807) is 0 Å². The van der Waals surface area contributed by atoms with E-state index < -0.39 is 0 Å². The van der Waals surface area contributed by atoms with Crippen molar-refractivity contribution in [1.29, 1.82) is 0 Å². The van der Waals surface area contributed by atoms with Crippen molar-refractivity contribution in [3.63, 3.8) is 0 Å². The second-order valence-corrected chi connectivity index (χ2v) is 22.7. The summed E-state index contributed by atoms with van der Waals surface area (Å²) in [5.41, 5.74) is 20.2. The fourth-order valence-electron chi connectivity index (χ4n) is 14.0. The van der Waals surface area contributed by atoms with E-state index >= 15 is 0 Å². The van der Waals surface area contributed by atoms with Gasteiger partial charge in [-0.3, -0.25) is 0 Å². The lowest BCUT2D eigenvalue weighted by molar-refractivity contribution is 1.07. The summed E-state index contributed by atoms with van der Waals surface area (Å²) in [4.78, 5) is 16.0. The summed E-state index contributed by atoms with van der Waals surface area (Å²) in [7, 11) is 0. The maximum atomic E-state index is 5.43. The monoisotopic (exact) mass is 1120 g/mol. The standard InChI is InChI=1S/C81H51N7/c1-4-22-54(23-5-1)79-82-80(55-24-6-2-7-25-55)84-81(83-79)56-50-67(52-40-44-58(45-41-52)85-69-34-16-10-28-60(69)61-29-11-17-35-70(61)85)77(68(51-56)53-42-46-59(47-43-53)86-71-36-18-12-30-62(71)63-31-13-19-37-72(63)86)88-74-39-21-15-33-66(74)76-75(88)49-48-65-64-32-14-20-38-73(64)87(78(65)76)57-26-8-3-9-27-57/h1-51H. The van der Waals surface area contributed by atoms with Crippen LogP contribution in [0.1, 0.15) is 0 Å². The minimum Gasteiger partial charge on any atom is -0.309 e. The lowest BCUT2D eigenvalue weighted by Gasteiger charge is -2.22. The normalized spacial score (nSPS) is 11.9. The zero-order valence-corrected chi connectivity index (χ0v) is 47.6. The van der Waals surface area contributed by atoms with E-state index in [2.05, 4.69) is 291 Å². The van der Waals surface area contributed by atoms with Crippen molar-refractivity contribution in [2.24, 2.45) is 0 Å². The van der Waals surface area contributed by atoms with Crippen LogP contribution < -0.4 is 0 Å². The van der Waals surface area contributed by atoms with Gasteiger partial charge in [0.1, 0.15) is 0 Å². The highest BCUT2D eigenvalue weighted by Gasteiger charge is 2.27. The van der Waals surface area contributed by atoms with Crippen LogP contribution in [-0.4, -0.2) is 33.2 Å². The Morgan fingerprint density at radius 3 is 0.966 bits per heavy atom. The van der Waals surface area contributed by atoms with Crippen LogP contribution in [0.2, 0.25) is 0 Å². The van der Waals surface area contributed by atoms with Gasteiger partial charge in [-0.05, 0) is 102 Å². The van der Waals surface area contributed by atoms with Gasteiger partial charge in [-0.2, -0.15) is 0 Å². The summed E-state index contributed by atoms with van der Waals surface area (Å²) in [5, 5.41) is 9.63. The molecule has 0 bridgehead atoms. The smallest absolute Gasteiger partial charge is 0.164 e. The predicted octanol–water partition coefficient (Wildman–Crippen LogP) is 20.6. The van der Waals surface area contributed by atoms with Crippen LogP contribution in [0, 0.1) is 0 Å². The molecule has 5 aromatic heterocycles. The van der Waals surface area contributed by atoms with Gasteiger partial charge >= 0.3 is 0 Å². The van der Waals surface area contributed by atoms with Gasteiger partial charge in [0.25, 0.3) is 0 Å². The molecule has 5 heterocycles. The molecular weight excluding hydrogens is 1070 g/mol. The number of para-hydroxylation sites is 7. The Morgan fingerprint density at radius 2 is 0.534 bits per heavy atom. The second kappa shape index (κ2) is 19.8. The topological polar surface area (TPSA) is 58.4 Å². The highest BCUT2D eigenvalue weighted by atomic mass is 15.0. The van der Waals surface area contributed by atoms with Crippen LogP contribution >= 0.6 is 0 Å². The van der Waals surface area contributed by atoms with Crippen molar-refractivity contribution >= 4 is 87.2 Å². The molecule has 7 heteroatoms. The van der Waals surface area contributed by atoms with Crippen molar-refractivity contribution in [2.45, 2.75) is 0 Å². The summed E-state index contributed by atoms with van der Waals surface area (Å²) >= 11 is 0. The van der Waals surface area contributed by atoms with Crippen LogP contribution in [0.3, 0.4) is 0 Å². The third-order valence-electron chi connectivity index (χ3n) is 17.8. The molecule has 0 saturated heterocycles. The summed E-state index contributed by atoms with van der Waals surface area (Å²) < 4.78 is 9.78. The van der Waals surface area contributed by atoms with Gasteiger partial charge in [0, 0.05) is 88.0 Å². The Kier molecular flexibility index (Phi) is 11.2. The SMILES string of the molecule is c1ccc(-c2nc(-c3ccccc3)nc(-c3cc(-c4ccc(-n5c6ccccc6c6ccccc65)cc4)c(-n4c5ccccc5c5c4ccc4c6ccccc6n(-c6ccccc6)c45)c(-c4ccc(-n5c6ccccc6c6ccccc65)cc4)c3)n2)cc1. The molecule has 18 aromatic rings. The Hall–Kier alpha value is -11.9.